The molecule has 0 spiro atoms. The highest BCUT2D eigenvalue weighted by Crippen LogP contribution is 2.32. The summed E-state index contributed by atoms with van der Waals surface area (Å²) in [7, 11) is 1.90. The summed E-state index contributed by atoms with van der Waals surface area (Å²) < 4.78 is 18.9. The third-order valence-electron chi connectivity index (χ3n) is 4.40. The van der Waals surface area contributed by atoms with Crippen LogP contribution < -0.4 is 20.1 Å². The van der Waals surface area contributed by atoms with Crippen LogP contribution in [-0.4, -0.2) is 48.7 Å². The Kier molecular flexibility index (Phi) is 10.9. The second-order valence-corrected chi connectivity index (χ2v) is 7.77. The minimum Gasteiger partial charge on any atom is -0.490 e. The molecule has 9 heteroatoms. The molecule has 0 atom stereocenters. The van der Waals surface area contributed by atoms with Crippen LogP contribution in [0.5, 0.6) is 11.5 Å². The monoisotopic (exact) mass is 543 g/mol. The van der Waals surface area contributed by atoms with E-state index in [0.29, 0.717) is 31.6 Å². The van der Waals surface area contributed by atoms with Crippen LogP contribution in [0.3, 0.4) is 0 Å². The van der Waals surface area contributed by atoms with E-state index < -0.39 is 0 Å². The quantitative estimate of drug-likeness (QED) is 0.217. The van der Waals surface area contributed by atoms with Gasteiger partial charge in [-0.3, -0.25) is 4.68 Å². The Morgan fingerprint density at radius 2 is 2.06 bits per heavy atom. The van der Waals surface area contributed by atoms with Gasteiger partial charge in [0, 0.05) is 56.7 Å². The molecule has 0 saturated carbocycles. The molecule has 1 aromatic carbocycles. The average molecular weight is 543 g/mol. The Morgan fingerprint density at radius 3 is 2.81 bits per heavy atom. The lowest BCUT2D eigenvalue weighted by molar-refractivity contribution is 0.108. The molecular weight excluding hydrogens is 509 g/mol. The molecular formula is C22H34IN5O3. The van der Waals surface area contributed by atoms with Gasteiger partial charge in [0.05, 0.1) is 26.0 Å². The highest BCUT2D eigenvalue weighted by molar-refractivity contribution is 14.0. The standard InChI is InChI=1S/C22H33N5O3.HI/c1-17(2)16-28-9-4-8-23-22(24-13-18-14-25-27(3)15-18)26-19-6-7-20-21(12-19)30-11-5-10-29-20;/h6-7,12,14-15,17H,4-5,8-11,13,16H2,1-3H3,(H2,23,24,26);1H. The largest absolute Gasteiger partial charge is 0.490 e. The number of aliphatic imine (C=N–C) groups is 1. The highest BCUT2D eigenvalue weighted by Gasteiger charge is 2.11. The lowest BCUT2D eigenvalue weighted by atomic mass is 10.2. The first kappa shape index (κ1) is 25.3. The molecule has 3 rings (SSSR count). The molecule has 0 saturated heterocycles. The lowest BCUT2D eigenvalue weighted by Crippen LogP contribution is -2.32. The number of hydrogen-bond donors (Lipinski definition) is 2. The van der Waals surface area contributed by atoms with Crippen molar-refractivity contribution in [3.8, 4) is 11.5 Å². The number of rotatable bonds is 9. The fraction of sp³-hybridized carbons (Fsp3) is 0.545. The smallest absolute Gasteiger partial charge is 0.196 e. The molecule has 8 nitrogen and oxygen atoms in total. The molecule has 0 unspecified atom stereocenters. The minimum absolute atomic E-state index is 0. The molecule has 2 heterocycles. The maximum Gasteiger partial charge on any atom is 0.196 e. The summed E-state index contributed by atoms with van der Waals surface area (Å²) in [6.07, 6.45) is 5.58. The van der Waals surface area contributed by atoms with Crippen molar-refractivity contribution in [1.82, 2.24) is 15.1 Å². The third kappa shape index (κ3) is 8.94. The molecule has 31 heavy (non-hydrogen) atoms. The summed E-state index contributed by atoms with van der Waals surface area (Å²) in [5.41, 5.74) is 1.95. The second kappa shape index (κ2) is 13.4. The summed E-state index contributed by atoms with van der Waals surface area (Å²) in [5.74, 6) is 2.79. The number of aryl methyl sites for hydroxylation is 1. The van der Waals surface area contributed by atoms with Crippen molar-refractivity contribution in [2.45, 2.75) is 33.2 Å². The molecule has 1 aliphatic heterocycles. The lowest BCUT2D eigenvalue weighted by Gasteiger charge is -2.15. The summed E-state index contributed by atoms with van der Waals surface area (Å²) in [4.78, 5) is 4.71. The first-order chi connectivity index (χ1) is 14.6. The number of fused-ring (bicyclic) bond motifs is 1. The maximum atomic E-state index is 5.79. The Bertz CT molecular complexity index is 825. The van der Waals surface area contributed by atoms with Crippen LogP contribution in [0.15, 0.2) is 35.6 Å². The Balaban J connectivity index is 0.00000341. The molecule has 1 aliphatic rings. The number of benzene rings is 1. The molecule has 2 N–H and O–H groups in total. The van der Waals surface area contributed by atoms with Gasteiger partial charge in [-0.2, -0.15) is 5.10 Å². The van der Waals surface area contributed by atoms with Crippen LogP contribution in [0.1, 0.15) is 32.3 Å². The highest BCUT2D eigenvalue weighted by atomic mass is 127. The predicted octanol–water partition coefficient (Wildman–Crippen LogP) is 3.82. The van der Waals surface area contributed by atoms with Crippen LogP contribution in [0.4, 0.5) is 5.69 Å². The minimum atomic E-state index is 0. The van der Waals surface area contributed by atoms with Crippen molar-refractivity contribution in [3.63, 3.8) is 0 Å². The number of nitrogens with one attached hydrogen (secondary N) is 2. The van der Waals surface area contributed by atoms with E-state index in [4.69, 9.17) is 19.2 Å². The number of ether oxygens (including phenoxy) is 3. The van der Waals surface area contributed by atoms with Gasteiger partial charge in [0.2, 0.25) is 0 Å². The van der Waals surface area contributed by atoms with Crippen molar-refractivity contribution in [3.05, 3.63) is 36.2 Å². The van der Waals surface area contributed by atoms with E-state index in [0.717, 1.165) is 55.4 Å². The average Bonchev–Trinajstić information content (AvgIpc) is 3.00. The van der Waals surface area contributed by atoms with Crippen molar-refractivity contribution in [1.29, 1.82) is 0 Å². The van der Waals surface area contributed by atoms with Crippen molar-refractivity contribution in [2.75, 3.05) is 38.3 Å². The van der Waals surface area contributed by atoms with Gasteiger partial charge in [0.15, 0.2) is 17.5 Å². The van der Waals surface area contributed by atoms with E-state index in [1.54, 1.807) is 4.68 Å². The fourth-order valence-corrected chi connectivity index (χ4v) is 2.94. The molecule has 1 aromatic heterocycles. The zero-order valence-electron chi connectivity index (χ0n) is 18.6. The van der Waals surface area contributed by atoms with Crippen LogP contribution in [-0.2, 0) is 18.3 Å². The normalized spacial score (nSPS) is 13.5. The van der Waals surface area contributed by atoms with Crippen LogP contribution >= 0.6 is 24.0 Å². The number of hydrogen-bond acceptors (Lipinski definition) is 5. The van der Waals surface area contributed by atoms with Gasteiger partial charge in [0.1, 0.15) is 0 Å². The Morgan fingerprint density at radius 1 is 1.26 bits per heavy atom. The van der Waals surface area contributed by atoms with Gasteiger partial charge in [-0.1, -0.05) is 13.8 Å². The van der Waals surface area contributed by atoms with Crippen molar-refractivity contribution in [2.24, 2.45) is 18.0 Å². The van der Waals surface area contributed by atoms with E-state index >= 15 is 0 Å². The topological polar surface area (TPSA) is 81.9 Å². The first-order valence-electron chi connectivity index (χ1n) is 10.6. The second-order valence-electron chi connectivity index (χ2n) is 7.77. The van der Waals surface area contributed by atoms with Crippen molar-refractivity contribution >= 4 is 35.6 Å². The van der Waals surface area contributed by atoms with Gasteiger partial charge in [0.25, 0.3) is 0 Å². The van der Waals surface area contributed by atoms with E-state index in [1.165, 1.54) is 0 Å². The number of aromatic nitrogens is 2. The number of halogens is 1. The summed E-state index contributed by atoms with van der Waals surface area (Å²) in [5, 5.41) is 11.0. The molecule has 0 radical (unpaired) electrons. The van der Waals surface area contributed by atoms with E-state index in [1.807, 2.05) is 37.6 Å². The van der Waals surface area contributed by atoms with E-state index in [-0.39, 0.29) is 24.0 Å². The van der Waals surface area contributed by atoms with Gasteiger partial charge in [-0.15, -0.1) is 24.0 Å². The van der Waals surface area contributed by atoms with E-state index in [2.05, 4.69) is 29.6 Å². The number of anilines is 1. The third-order valence-corrected chi connectivity index (χ3v) is 4.40. The summed E-state index contributed by atoms with van der Waals surface area (Å²) in [6.45, 7) is 8.47. The molecule has 0 amide bonds. The van der Waals surface area contributed by atoms with E-state index in [9.17, 15) is 0 Å². The number of nitrogens with zero attached hydrogens (tertiary/aromatic N) is 3. The Labute approximate surface area is 201 Å². The zero-order chi connectivity index (χ0) is 21.2. The summed E-state index contributed by atoms with van der Waals surface area (Å²) >= 11 is 0. The van der Waals surface area contributed by atoms with Crippen LogP contribution in [0.25, 0.3) is 0 Å². The fourth-order valence-electron chi connectivity index (χ4n) is 2.94. The summed E-state index contributed by atoms with van der Waals surface area (Å²) in [6, 6.07) is 5.86. The first-order valence-corrected chi connectivity index (χ1v) is 10.6. The molecule has 0 fully saturated rings. The SMILES string of the molecule is CC(C)COCCCNC(=NCc1cnn(C)c1)Nc1ccc2c(c1)OCCCO2.I. The maximum absolute atomic E-state index is 5.79. The number of guanidine groups is 1. The van der Waals surface area contributed by atoms with Gasteiger partial charge in [-0.25, -0.2) is 4.99 Å². The molecule has 0 bridgehead atoms. The van der Waals surface area contributed by atoms with Gasteiger partial charge in [-0.05, 0) is 24.5 Å². The molecule has 0 aliphatic carbocycles. The van der Waals surface area contributed by atoms with Crippen LogP contribution in [0.2, 0.25) is 0 Å². The predicted molar refractivity (Wildman–Crippen MR) is 134 cm³/mol. The molecule has 172 valence electrons. The zero-order valence-corrected chi connectivity index (χ0v) is 20.9. The van der Waals surface area contributed by atoms with Gasteiger partial charge >= 0.3 is 0 Å². The van der Waals surface area contributed by atoms with Crippen molar-refractivity contribution < 1.29 is 14.2 Å². The Hall–Kier alpha value is -2.01. The van der Waals surface area contributed by atoms with Crippen LogP contribution in [0, 0.1) is 5.92 Å². The van der Waals surface area contributed by atoms with Gasteiger partial charge < -0.3 is 24.8 Å². The molecule has 2 aromatic rings.